The highest BCUT2D eigenvalue weighted by Crippen LogP contribution is 2.09. The van der Waals surface area contributed by atoms with Crippen LogP contribution in [-0.4, -0.2) is 21.2 Å². The number of para-hydroxylation sites is 1. The van der Waals surface area contributed by atoms with Gasteiger partial charge in [-0.05, 0) is 32.4 Å². The second-order valence-corrected chi connectivity index (χ2v) is 5.89. The molecule has 0 fully saturated rings. The Morgan fingerprint density at radius 1 is 1.33 bits per heavy atom. The number of amides is 1. The largest absolute Gasteiger partial charge is 0.352 e. The molecule has 0 spiro atoms. The minimum absolute atomic E-state index is 0.0148. The van der Waals surface area contributed by atoms with Crippen molar-refractivity contribution in [3.05, 3.63) is 48.3 Å². The second kappa shape index (κ2) is 6.54. The molecule has 2 rings (SSSR count). The van der Waals surface area contributed by atoms with Gasteiger partial charge in [-0.2, -0.15) is 5.10 Å². The summed E-state index contributed by atoms with van der Waals surface area (Å²) in [6, 6.07) is 9.87. The zero-order chi connectivity index (χ0) is 15.3. The van der Waals surface area contributed by atoms with Crippen molar-refractivity contribution in [2.45, 2.75) is 38.8 Å². The molecule has 0 atom stereocenters. The van der Waals surface area contributed by atoms with E-state index in [1.807, 2.05) is 50.4 Å². The maximum absolute atomic E-state index is 11.7. The van der Waals surface area contributed by atoms with E-state index < -0.39 is 0 Å². The van der Waals surface area contributed by atoms with Gasteiger partial charge < -0.3 is 11.1 Å². The Balaban J connectivity index is 1.85. The first-order valence-corrected chi connectivity index (χ1v) is 7.09. The molecular weight excluding hydrogens is 264 g/mol. The van der Waals surface area contributed by atoms with Crippen LogP contribution in [0.25, 0.3) is 5.69 Å². The number of nitrogens with two attached hydrogens (primary N) is 1. The molecule has 5 nitrogen and oxygen atoms in total. The molecular formula is C16H22N4O. The van der Waals surface area contributed by atoms with Gasteiger partial charge in [0.15, 0.2) is 0 Å². The summed E-state index contributed by atoms with van der Waals surface area (Å²) >= 11 is 0. The van der Waals surface area contributed by atoms with Crippen molar-refractivity contribution < 1.29 is 4.79 Å². The highest BCUT2D eigenvalue weighted by Gasteiger charge is 2.13. The molecule has 0 aliphatic carbocycles. The van der Waals surface area contributed by atoms with E-state index in [1.54, 1.807) is 10.9 Å². The van der Waals surface area contributed by atoms with Gasteiger partial charge in [0.25, 0.3) is 0 Å². The molecule has 0 radical (unpaired) electrons. The summed E-state index contributed by atoms with van der Waals surface area (Å²) in [5, 5.41) is 7.18. The molecule has 0 saturated heterocycles. The number of hydrogen-bond acceptors (Lipinski definition) is 3. The predicted octanol–water partition coefficient (Wildman–Crippen LogP) is 2.01. The fraction of sp³-hybridized carbons (Fsp3) is 0.375. The van der Waals surface area contributed by atoms with Gasteiger partial charge in [0.1, 0.15) is 0 Å². The Labute approximate surface area is 125 Å². The van der Waals surface area contributed by atoms with Crippen molar-refractivity contribution in [3.8, 4) is 5.69 Å². The number of nitrogens with one attached hydrogen (secondary N) is 1. The van der Waals surface area contributed by atoms with Gasteiger partial charge >= 0.3 is 0 Å². The van der Waals surface area contributed by atoms with E-state index >= 15 is 0 Å². The minimum Gasteiger partial charge on any atom is -0.352 e. The summed E-state index contributed by atoms with van der Waals surface area (Å²) in [5.41, 5.74) is 7.53. The van der Waals surface area contributed by atoms with Crippen molar-refractivity contribution in [1.82, 2.24) is 15.1 Å². The van der Waals surface area contributed by atoms with Gasteiger partial charge in [-0.1, -0.05) is 18.2 Å². The first kappa shape index (κ1) is 15.3. The van der Waals surface area contributed by atoms with Crippen molar-refractivity contribution in [2.75, 3.05) is 0 Å². The monoisotopic (exact) mass is 286 g/mol. The third kappa shape index (κ3) is 5.04. The fourth-order valence-corrected chi connectivity index (χ4v) is 1.90. The van der Waals surface area contributed by atoms with Crippen molar-refractivity contribution in [1.29, 1.82) is 0 Å². The minimum atomic E-state index is -0.310. The highest BCUT2D eigenvalue weighted by atomic mass is 16.1. The Bertz CT molecular complexity index is 584. The van der Waals surface area contributed by atoms with Crippen LogP contribution in [0.1, 0.15) is 32.3 Å². The molecule has 0 aliphatic rings. The SMILES string of the molecule is CC(C)(N)CCC(=O)NCc1cnn(-c2ccccc2)c1. The number of rotatable bonds is 6. The summed E-state index contributed by atoms with van der Waals surface area (Å²) in [4.78, 5) is 11.7. The van der Waals surface area contributed by atoms with E-state index in [0.29, 0.717) is 19.4 Å². The Morgan fingerprint density at radius 2 is 2.05 bits per heavy atom. The van der Waals surface area contributed by atoms with E-state index in [2.05, 4.69) is 10.4 Å². The highest BCUT2D eigenvalue weighted by molar-refractivity contribution is 5.75. The van der Waals surface area contributed by atoms with Gasteiger partial charge in [0.2, 0.25) is 5.91 Å². The Kier molecular flexibility index (Phi) is 4.75. The van der Waals surface area contributed by atoms with Crippen molar-refractivity contribution in [3.63, 3.8) is 0 Å². The zero-order valence-corrected chi connectivity index (χ0v) is 12.5. The average molecular weight is 286 g/mol. The van der Waals surface area contributed by atoms with Crippen LogP contribution in [0, 0.1) is 0 Å². The first-order valence-electron chi connectivity index (χ1n) is 7.09. The molecule has 0 unspecified atom stereocenters. The van der Waals surface area contributed by atoms with Crippen LogP contribution in [0.4, 0.5) is 0 Å². The zero-order valence-electron chi connectivity index (χ0n) is 12.5. The van der Waals surface area contributed by atoms with E-state index in [0.717, 1.165) is 11.3 Å². The number of carbonyl (C=O) groups excluding carboxylic acids is 1. The lowest BCUT2D eigenvalue weighted by Gasteiger charge is -2.17. The quantitative estimate of drug-likeness (QED) is 0.853. The van der Waals surface area contributed by atoms with Gasteiger partial charge in [0, 0.05) is 30.3 Å². The number of nitrogens with zero attached hydrogens (tertiary/aromatic N) is 2. The molecule has 112 valence electrons. The number of hydrogen-bond donors (Lipinski definition) is 2. The third-order valence-electron chi connectivity index (χ3n) is 3.14. The van der Waals surface area contributed by atoms with E-state index in [9.17, 15) is 4.79 Å². The number of aromatic nitrogens is 2. The maximum atomic E-state index is 11.7. The molecule has 1 amide bonds. The van der Waals surface area contributed by atoms with Crippen molar-refractivity contribution >= 4 is 5.91 Å². The molecule has 1 heterocycles. The average Bonchev–Trinajstić information content (AvgIpc) is 2.92. The standard InChI is InChI=1S/C16H22N4O/c1-16(2,17)9-8-15(21)18-10-13-11-19-20(12-13)14-6-4-3-5-7-14/h3-7,11-12H,8-10,17H2,1-2H3,(H,18,21). The summed E-state index contributed by atoms with van der Waals surface area (Å²) < 4.78 is 1.80. The summed E-state index contributed by atoms with van der Waals surface area (Å²) in [6.45, 7) is 4.32. The van der Waals surface area contributed by atoms with E-state index in [4.69, 9.17) is 5.73 Å². The first-order chi connectivity index (χ1) is 9.94. The topological polar surface area (TPSA) is 72.9 Å². The van der Waals surface area contributed by atoms with Crippen LogP contribution >= 0.6 is 0 Å². The Hall–Kier alpha value is -2.14. The van der Waals surface area contributed by atoms with Gasteiger partial charge in [0.05, 0.1) is 11.9 Å². The van der Waals surface area contributed by atoms with Crippen LogP contribution < -0.4 is 11.1 Å². The predicted molar refractivity (Wildman–Crippen MR) is 82.9 cm³/mol. The lowest BCUT2D eigenvalue weighted by Crippen LogP contribution is -2.34. The number of benzene rings is 1. The van der Waals surface area contributed by atoms with Crippen LogP contribution in [0.3, 0.4) is 0 Å². The second-order valence-electron chi connectivity index (χ2n) is 5.89. The van der Waals surface area contributed by atoms with Crippen LogP contribution in [0.5, 0.6) is 0 Å². The van der Waals surface area contributed by atoms with Gasteiger partial charge in [-0.3, -0.25) is 4.79 Å². The smallest absolute Gasteiger partial charge is 0.220 e. The molecule has 0 bridgehead atoms. The molecule has 1 aromatic carbocycles. The fourth-order valence-electron chi connectivity index (χ4n) is 1.90. The molecule has 5 heteroatoms. The van der Waals surface area contributed by atoms with Gasteiger partial charge in [-0.25, -0.2) is 4.68 Å². The van der Waals surface area contributed by atoms with Crippen LogP contribution in [0.15, 0.2) is 42.7 Å². The lowest BCUT2D eigenvalue weighted by molar-refractivity contribution is -0.121. The molecule has 1 aromatic heterocycles. The molecule has 2 aromatic rings. The van der Waals surface area contributed by atoms with E-state index in [1.165, 1.54) is 0 Å². The van der Waals surface area contributed by atoms with E-state index in [-0.39, 0.29) is 11.4 Å². The molecule has 3 N–H and O–H groups in total. The summed E-state index contributed by atoms with van der Waals surface area (Å²) in [6.07, 6.45) is 4.79. The lowest BCUT2D eigenvalue weighted by atomic mass is 10.00. The number of carbonyl (C=O) groups is 1. The normalized spacial score (nSPS) is 11.4. The summed E-state index contributed by atoms with van der Waals surface area (Å²) in [7, 11) is 0. The van der Waals surface area contributed by atoms with Gasteiger partial charge in [-0.15, -0.1) is 0 Å². The van der Waals surface area contributed by atoms with Crippen LogP contribution in [0.2, 0.25) is 0 Å². The third-order valence-corrected chi connectivity index (χ3v) is 3.14. The molecule has 0 saturated carbocycles. The molecule has 0 aliphatic heterocycles. The summed E-state index contributed by atoms with van der Waals surface area (Å²) in [5.74, 6) is 0.0148. The van der Waals surface area contributed by atoms with Crippen molar-refractivity contribution in [2.24, 2.45) is 5.73 Å². The maximum Gasteiger partial charge on any atom is 0.220 e. The Morgan fingerprint density at radius 3 is 2.71 bits per heavy atom. The molecule has 21 heavy (non-hydrogen) atoms. The van der Waals surface area contributed by atoms with Crippen LogP contribution in [-0.2, 0) is 11.3 Å².